The van der Waals surface area contributed by atoms with E-state index in [1.165, 1.54) is 7.05 Å². The standard InChI is InChI=1S/C12H20N3O3P/c1-14(9-11(16)15(2)17)12(19(3,4)18)10-6-5-7-13-8-10/h5-8,12,17H,9H2,1-4H3. The van der Waals surface area contributed by atoms with Crippen LogP contribution in [0.25, 0.3) is 0 Å². The molecule has 6 nitrogen and oxygen atoms in total. The lowest BCUT2D eigenvalue weighted by molar-refractivity contribution is -0.160. The molecule has 0 saturated heterocycles. The van der Waals surface area contributed by atoms with Crippen LogP contribution in [0.1, 0.15) is 11.3 Å². The Morgan fingerprint density at radius 3 is 2.53 bits per heavy atom. The predicted molar refractivity (Wildman–Crippen MR) is 73.6 cm³/mol. The molecule has 0 bridgehead atoms. The molecular formula is C12H20N3O3P. The number of amides is 1. The van der Waals surface area contributed by atoms with Gasteiger partial charge >= 0.3 is 0 Å². The van der Waals surface area contributed by atoms with E-state index in [9.17, 15) is 9.36 Å². The van der Waals surface area contributed by atoms with Crippen LogP contribution in [0.5, 0.6) is 0 Å². The number of rotatable bonds is 5. The van der Waals surface area contributed by atoms with E-state index in [1.54, 1.807) is 43.7 Å². The van der Waals surface area contributed by atoms with E-state index in [4.69, 9.17) is 5.21 Å². The molecule has 1 aromatic rings. The number of aromatic nitrogens is 1. The third-order valence-corrected chi connectivity index (χ3v) is 4.60. The Bertz CT molecular complexity index is 472. The van der Waals surface area contributed by atoms with Crippen LogP contribution >= 0.6 is 7.14 Å². The van der Waals surface area contributed by atoms with Crippen LogP contribution in [0.4, 0.5) is 0 Å². The average Bonchev–Trinajstić information content (AvgIpc) is 2.28. The summed E-state index contributed by atoms with van der Waals surface area (Å²) in [6, 6.07) is 3.60. The zero-order chi connectivity index (χ0) is 14.6. The zero-order valence-electron chi connectivity index (χ0n) is 11.6. The third kappa shape index (κ3) is 4.42. The van der Waals surface area contributed by atoms with Gasteiger partial charge in [-0.2, -0.15) is 0 Å². The van der Waals surface area contributed by atoms with Crippen LogP contribution in [-0.4, -0.2) is 60.0 Å². The second-order valence-corrected chi connectivity index (χ2v) is 8.28. The SMILES string of the molecule is CN(O)C(=O)CN(C)C(c1cccnc1)P(C)(C)=O. The normalized spacial score (nSPS) is 13.4. The van der Waals surface area contributed by atoms with Gasteiger partial charge in [0.05, 0.1) is 12.3 Å². The van der Waals surface area contributed by atoms with Crippen LogP contribution in [0.15, 0.2) is 24.5 Å². The van der Waals surface area contributed by atoms with Gasteiger partial charge in [-0.3, -0.25) is 19.9 Å². The smallest absolute Gasteiger partial charge is 0.259 e. The number of hydrogen-bond acceptors (Lipinski definition) is 5. The number of carbonyl (C=O) groups excluding carboxylic acids is 1. The van der Waals surface area contributed by atoms with Crippen molar-refractivity contribution < 1.29 is 14.6 Å². The molecule has 1 heterocycles. The topological polar surface area (TPSA) is 73.7 Å². The maximum atomic E-state index is 12.5. The van der Waals surface area contributed by atoms with E-state index in [-0.39, 0.29) is 6.54 Å². The summed E-state index contributed by atoms with van der Waals surface area (Å²) in [6.45, 7) is 3.33. The number of likely N-dealkylation sites (N-methyl/N-ethyl adjacent to an activating group) is 2. The van der Waals surface area contributed by atoms with Gasteiger partial charge in [0.2, 0.25) is 0 Å². The summed E-state index contributed by atoms with van der Waals surface area (Å²) in [4.78, 5) is 17.2. The van der Waals surface area contributed by atoms with Gasteiger partial charge in [0.15, 0.2) is 0 Å². The summed E-state index contributed by atoms with van der Waals surface area (Å²) in [5.74, 6) is -0.852. The van der Waals surface area contributed by atoms with E-state index in [0.717, 1.165) is 5.56 Å². The molecule has 0 fully saturated rings. The molecule has 0 aromatic carbocycles. The fraction of sp³-hybridized carbons (Fsp3) is 0.500. The number of pyridine rings is 1. The molecule has 0 spiro atoms. The van der Waals surface area contributed by atoms with Crippen molar-refractivity contribution >= 4 is 13.0 Å². The van der Waals surface area contributed by atoms with Crippen LogP contribution in [0, 0.1) is 0 Å². The number of nitrogens with zero attached hydrogens (tertiary/aromatic N) is 3. The van der Waals surface area contributed by atoms with Crippen molar-refractivity contribution in [3.8, 4) is 0 Å². The van der Waals surface area contributed by atoms with Crippen molar-refractivity contribution in [1.82, 2.24) is 14.9 Å². The summed E-state index contributed by atoms with van der Waals surface area (Å²) >= 11 is 0. The fourth-order valence-corrected chi connectivity index (χ4v) is 3.92. The first-order chi connectivity index (χ1) is 8.73. The first kappa shape index (κ1) is 15.8. The van der Waals surface area contributed by atoms with Gasteiger partial charge in [-0.15, -0.1) is 0 Å². The highest BCUT2D eigenvalue weighted by atomic mass is 31.2. The maximum absolute atomic E-state index is 12.5. The summed E-state index contributed by atoms with van der Waals surface area (Å²) in [5, 5.41) is 9.64. The number of carbonyl (C=O) groups is 1. The van der Waals surface area contributed by atoms with E-state index < -0.39 is 18.8 Å². The van der Waals surface area contributed by atoms with Gasteiger partial charge in [0, 0.05) is 19.4 Å². The average molecular weight is 285 g/mol. The second kappa shape index (κ2) is 6.28. The van der Waals surface area contributed by atoms with Gasteiger partial charge in [-0.05, 0) is 32.0 Å². The van der Waals surface area contributed by atoms with Crippen molar-refractivity contribution in [1.29, 1.82) is 0 Å². The van der Waals surface area contributed by atoms with Crippen LogP contribution in [0.2, 0.25) is 0 Å². The molecule has 1 amide bonds. The highest BCUT2D eigenvalue weighted by Crippen LogP contribution is 2.53. The quantitative estimate of drug-likeness (QED) is 0.504. The maximum Gasteiger partial charge on any atom is 0.259 e. The molecule has 1 rings (SSSR count). The molecule has 1 N–H and O–H groups in total. The van der Waals surface area contributed by atoms with Crippen LogP contribution < -0.4 is 0 Å². The first-order valence-corrected chi connectivity index (χ1v) is 8.50. The Morgan fingerprint density at radius 2 is 2.11 bits per heavy atom. The summed E-state index contributed by atoms with van der Waals surface area (Å²) < 4.78 is 12.5. The first-order valence-electron chi connectivity index (χ1n) is 5.83. The Labute approximate surface area is 113 Å². The summed E-state index contributed by atoms with van der Waals surface area (Å²) in [6.07, 6.45) is 3.29. The van der Waals surface area contributed by atoms with E-state index in [1.807, 2.05) is 6.07 Å². The minimum Gasteiger partial charge on any atom is -0.322 e. The summed E-state index contributed by atoms with van der Waals surface area (Å²) in [7, 11) is 0.471. The molecule has 0 aliphatic carbocycles. The predicted octanol–water partition coefficient (Wildman–Crippen LogP) is 1.48. The molecule has 0 aliphatic rings. The van der Waals surface area contributed by atoms with Crippen molar-refractivity contribution in [2.75, 3.05) is 34.0 Å². The molecular weight excluding hydrogens is 265 g/mol. The fourth-order valence-electron chi connectivity index (χ4n) is 2.02. The lowest BCUT2D eigenvalue weighted by atomic mass is 10.2. The molecule has 0 aliphatic heterocycles. The van der Waals surface area contributed by atoms with E-state index in [0.29, 0.717) is 5.06 Å². The van der Waals surface area contributed by atoms with Crippen molar-refractivity contribution in [2.24, 2.45) is 0 Å². The minimum atomic E-state index is -2.51. The van der Waals surface area contributed by atoms with Gasteiger partial charge in [0.1, 0.15) is 7.14 Å². The molecule has 0 saturated carbocycles. The highest BCUT2D eigenvalue weighted by Gasteiger charge is 2.30. The van der Waals surface area contributed by atoms with Gasteiger partial charge in [-0.25, -0.2) is 5.06 Å². The molecule has 19 heavy (non-hydrogen) atoms. The van der Waals surface area contributed by atoms with E-state index in [2.05, 4.69) is 4.98 Å². The molecule has 106 valence electrons. The Kier molecular flexibility index (Phi) is 5.23. The molecule has 1 aromatic heterocycles. The Balaban J connectivity index is 3.00. The lowest BCUT2D eigenvalue weighted by Crippen LogP contribution is -2.36. The largest absolute Gasteiger partial charge is 0.322 e. The van der Waals surface area contributed by atoms with Gasteiger partial charge < -0.3 is 4.57 Å². The van der Waals surface area contributed by atoms with Crippen molar-refractivity contribution in [3.05, 3.63) is 30.1 Å². The monoisotopic (exact) mass is 285 g/mol. The molecule has 0 radical (unpaired) electrons. The molecule has 7 heteroatoms. The number of hydrogen-bond donors (Lipinski definition) is 1. The number of hydroxylamine groups is 2. The Morgan fingerprint density at radius 1 is 1.47 bits per heavy atom. The lowest BCUT2D eigenvalue weighted by Gasteiger charge is -2.31. The second-order valence-electron chi connectivity index (χ2n) is 4.93. The van der Waals surface area contributed by atoms with Crippen molar-refractivity contribution in [2.45, 2.75) is 5.78 Å². The van der Waals surface area contributed by atoms with Crippen molar-refractivity contribution in [3.63, 3.8) is 0 Å². The van der Waals surface area contributed by atoms with E-state index >= 15 is 0 Å². The van der Waals surface area contributed by atoms with Crippen LogP contribution in [0.3, 0.4) is 0 Å². The molecule has 1 unspecified atom stereocenters. The Hall–Kier alpha value is -1.23. The summed E-state index contributed by atoms with van der Waals surface area (Å²) in [5.41, 5.74) is 0.798. The van der Waals surface area contributed by atoms with Crippen LogP contribution in [-0.2, 0) is 9.36 Å². The highest BCUT2D eigenvalue weighted by molar-refractivity contribution is 7.62. The van der Waals surface area contributed by atoms with Gasteiger partial charge in [0.25, 0.3) is 5.91 Å². The minimum absolute atomic E-state index is 0.0156. The third-order valence-electron chi connectivity index (χ3n) is 2.73. The molecule has 1 atom stereocenters. The zero-order valence-corrected chi connectivity index (χ0v) is 12.5. The van der Waals surface area contributed by atoms with Gasteiger partial charge in [-0.1, -0.05) is 6.07 Å².